The van der Waals surface area contributed by atoms with Crippen LogP contribution in [-0.4, -0.2) is 5.16 Å². The molecule has 0 N–H and O–H groups in total. The van der Waals surface area contributed by atoms with E-state index >= 15 is 0 Å². The Balaban J connectivity index is 2.44. The quantitative estimate of drug-likeness (QED) is 0.769. The highest BCUT2D eigenvalue weighted by atomic mass is 32.1. The summed E-state index contributed by atoms with van der Waals surface area (Å²) in [7, 11) is 0. The number of nitrogens with zero attached hydrogens (tertiary/aromatic N) is 1. The van der Waals surface area contributed by atoms with Gasteiger partial charge < -0.3 is 4.52 Å². The van der Waals surface area contributed by atoms with Crippen molar-refractivity contribution in [3.8, 4) is 11.3 Å². The smallest absolute Gasteiger partial charge is 0.170 e. The molecule has 72 valence electrons. The normalized spacial score (nSPS) is 10.4. The topological polar surface area (TPSA) is 26.0 Å². The van der Waals surface area contributed by atoms with Gasteiger partial charge in [0, 0.05) is 11.8 Å². The fourth-order valence-corrected chi connectivity index (χ4v) is 1.32. The molecule has 0 saturated carbocycles. The van der Waals surface area contributed by atoms with Crippen LogP contribution in [0.4, 0.5) is 4.39 Å². The van der Waals surface area contributed by atoms with Crippen molar-refractivity contribution in [2.24, 2.45) is 0 Å². The van der Waals surface area contributed by atoms with Crippen LogP contribution in [0.1, 0.15) is 5.69 Å². The van der Waals surface area contributed by atoms with Crippen LogP contribution in [0, 0.1) is 5.82 Å². The van der Waals surface area contributed by atoms with Crippen LogP contribution in [0.2, 0.25) is 0 Å². The Kier molecular flexibility index (Phi) is 2.54. The largest absolute Gasteiger partial charge is 0.356 e. The molecule has 0 saturated heterocycles. The Bertz CT molecular complexity index is 441. The summed E-state index contributed by atoms with van der Waals surface area (Å²) in [4.78, 5) is 0. The lowest BCUT2D eigenvalue weighted by Gasteiger charge is -1.95. The zero-order chi connectivity index (χ0) is 9.97. The highest BCUT2D eigenvalue weighted by Crippen LogP contribution is 2.23. The predicted octanol–water partition coefficient (Wildman–Crippen LogP) is 2.91. The summed E-state index contributed by atoms with van der Waals surface area (Å²) in [5, 5.41) is 3.73. The minimum atomic E-state index is -0.311. The molecule has 1 aromatic heterocycles. The molecule has 0 unspecified atom stereocenters. The molecule has 0 aliphatic rings. The monoisotopic (exact) mass is 209 g/mol. The van der Waals surface area contributed by atoms with Crippen LogP contribution in [-0.2, 0) is 5.75 Å². The van der Waals surface area contributed by atoms with E-state index in [4.69, 9.17) is 4.52 Å². The lowest BCUT2D eigenvalue weighted by atomic mass is 10.1. The number of benzene rings is 1. The van der Waals surface area contributed by atoms with E-state index in [1.165, 1.54) is 6.07 Å². The number of hydrogen-bond acceptors (Lipinski definition) is 3. The number of rotatable bonds is 2. The first-order valence-corrected chi connectivity index (χ1v) is 4.76. The standard InChI is InChI=1S/C10H8FNOS/c11-9-4-2-1-3-8(9)10-5-7(6-14)12-13-10/h1-5,14H,6H2. The van der Waals surface area contributed by atoms with E-state index in [1.54, 1.807) is 24.3 Å². The molecule has 1 heterocycles. The highest BCUT2D eigenvalue weighted by molar-refractivity contribution is 7.79. The summed E-state index contributed by atoms with van der Waals surface area (Å²) in [5.74, 6) is 0.610. The predicted molar refractivity (Wildman–Crippen MR) is 54.6 cm³/mol. The first kappa shape index (κ1) is 9.27. The second-order valence-electron chi connectivity index (χ2n) is 2.82. The van der Waals surface area contributed by atoms with Gasteiger partial charge in [0.05, 0.1) is 11.3 Å². The maximum absolute atomic E-state index is 13.3. The van der Waals surface area contributed by atoms with Crippen LogP contribution >= 0.6 is 12.6 Å². The minimum Gasteiger partial charge on any atom is -0.356 e. The molecule has 0 amide bonds. The van der Waals surface area contributed by atoms with Crippen LogP contribution in [0.25, 0.3) is 11.3 Å². The number of aromatic nitrogens is 1. The molecule has 0 atom stereocenters. The van der Waals surface area contributed by atoms with E-state index in [9.17, 15) is 4.39 Å². The molecule has 1 aromatic carbocycles. The van der Waals surface area contributed by atoms with E-state index < -0.39 is 0 Å². The molecular formula is C10H8FNOS. The summed E-state index contributed by atoms with van der Waals surface area (Å²) in [6.45, 7) is 0. The maximum atomic E-state index is 13.3. The molecular weight excluding hydrogens is 201 g/mol. The second kappa shape index (κ2) is 3.84. The lowest BCUT2D eigenvalue weighted by Crippen LogP contribution is -1.79. The highest BCUT2D eigenvalue weighted by Gasteiger charge is 2.09. The third kappa shape index (κ3) is 1.65. The molecule has 0 radical (unpaired) electrons. The zero-order valence-electron chi connectivity index (χ0n) is 7.27. The molecule has 2 rings (SSSR count). The van der Waals surface area contributed by atoms with Crippen LogP contribution in [0.3, 0.4) is 0 Å². The minimum absolute atomic E-state index is 0.311. The van der Waals surface area contributed by atoms with Crippen molar-refractivity contribution in [2.75, 3.05) is 0 Å². The van der Waals surface area contributed by atoms with Crippen LogP contribution in [0.15, 0.2) is 34.9 Å². The first-order chi connectivity index (χ1) is 6.81. The van der Waals surface area contributed by atoms with Gasteiger partial charge >= 0.3 is 0 Å². The SMILES string of the molecule is Fc1ccccc1-c1cc(CS)no1. The molecule has 2 nitrogen and oxygen atoms in total. The Morgan fingerprint density at radius 2 is 2.14 bits per heavy atom. The third-order valence-electron chi connectivity index (χ3n) is 1.86. The molecule has 0 aliphatic heterocycles. The fraction of sp³-hybridized carbons (Fsp3) is 0.100. The Morgan fingerprint density at radius 3 is 2.79 bits per heavy atom. The summed E-state index contributed by atoms with van der Waals surface area (Å²) in [5.41, 5.74) is 1.12. The molecule has 0 fully saturated rings. The van der Waals surface area contributed by atoms with Gasteiger partial charge in [-0.15, -0.1) is 0 Å². The van der Waals surface area contributed by atoms with E-state index in [0.717, 1.165) is 0 Å². The third-order valence-corrected chi connectivity index (χ3v) is 2.18. The summed E-state index contributed by atoms with van der Waals surface area (Å²) >= 11 is 4.05. The lowest BCUT2D eigenvalue weighted by molar-refractivity contribution is 0.424. The van der Waals surface area contributed by atoms with E-state index in [2.05, 4.69) is 17.8 Å². The average Bonchev–Trinajstić information content (AvgIpc) is 2.67. The van der Waals surface area contributed by atoms with Gasteiger partial charge in [0.2, 0.25) is 0 Å². The van der Waals surface area contributed by atoms with Crippen LogP contribution in [0.5, 0.6) is 0 Å². The van der Waals surface area contributed by atoms with Crippen molar-refractivity contribution in [1.29, 1.82) is 0 Å². The zero-order valence-corrected chi connectivity index (χ0v) is 8.17. The van der Waals surface area contributed by atoms with Crippen molar-refractivity contribution in [3.63, 3.8) is 0 Å². The summed E-state index contributed by atoms with van der Waals surface area (Å²) < 4.78 is 18.3. The van der Waals surface area contributed by atoms with Crippen LogP contribution < -0.4 is 0 Å². The molecule has 0 aliphatic carbocycles. The van der Waals surface area contributed by atoms with Gasteiger partial charge in [-0.3, -0.25) is 0 Å². The van der Waals surface area contributed by atoms with Gasteiger partial charge in [-0.2, -0.15) is 12.6 Å². The Hall–Kier alpha value is -1.29. The Labute approximate surface area is 86.1 Å². The first-order valence-electron chi connectivity index (χ1n) is 4.12. The molecule has 2 aromatic rings. The van der Waals surface area contributed by atoms with Crippen molar-refractivity contribution in [1.82, 2.24) is 5.16 Å². The molecule has 4 heteroatoms. The van der Waals surface area contributed by atoms with Crippen molar-refractivity contribution >= 4 is 12.6 Å². The molecule has 0 bridgehead atoms. The maximum Gasteiger partial charge on any atom is 0.170 e. The number of hydrogen-bond donors (Lipinski definition) is 1. The number of thiol groups is 1. The van der Waals surface area contributed by atoms with Gasteiger partial charge in [-0.05, 0) is 12.1 Å². The number of halogens is 1. The molecule has 0 spiro atoms. The summed E-state index contributed by atoms with van der Waals surface area (Å²) in [6, 6.07) is 8.11. The van der Waals surface area contributed by atoms with Gasteiger partial charge in [0.15, 0.2) is 5.76 Å². The molecule has 14 heavy (non-hydrogen) atoms. The van der Waals surface area contributed by atoms with Gasteiger partial charge in [0.1, 0.15) is 5.82 Å². The van der Waals surface area contributed by atoms with Gasteiger partial charge in [-0.25, -0.2) is 4.39 Å². The average molecular weight is 209 g/mol. The second-order valence-corrected chi connectivity index (χ2v) is 3.14. The van der Waals surface area contributed by atoms with E-state index in [0.29, 0.717) is 22.8 Å². The summed E-state index contributed by atoms with van der Waals surface area (Å²) in [6.07, 6.45) is 0. The van der Waals surface area contributed by atoms with Gasteiger partial charge in [-0.1, -0.05) is 17.3 Å². The fourth-order valence-electron chi connectivity index (χ4n) is 1.17. The van der Waals surface area contributed by atoms with Crippen molar-refractivity contribution in [3.05, 3.63) is 41.8 Å². The van der Waals surface area contributed by atoms with Gasteiger partial charge in [0.25, 0.3) is 0 Å². The van der Waals surface area contributed by atoms with E-state index in [-0.39, 0.29) is 5.82 Å². The van der Waals surface area contributed by atoms with Crippen molar-refractivity contribution < 1.29 is 8.91 Å². The van der Waals surface area contributed by atoms with E-state index in [1.807, 2.05) is 0 Å². The van der Waals surface area contributed by atoms with Crippen molar-refractivity contribution in [2.45, 2.75) is 5.75 Å². The Morgan fingerprint density at radius 1 is 1.36 bits per heavy atom.